The number of hydrogen-bond donors (Lipinski definition) is 1. The van der Waals surface area contributed by atoms with Crippen LogP contribution < -0.4 is 4.74 Å². The fraction of sp³-hybridized carbons (Fsp3) is 0.424. The molecule has 0 aliphatic carbocycles. The molecule has 0 fully saturated rings. The quantitative estimate of drug-likeness (QED) is 0.120. The predicted octanol–water partition coefficient (Wildman–Crippen LogP) is 7.38. The van der Waals surface area contributed by atoms with Crippen LogP contribution in [0.3, 0.4) is 0 Å². The lowest BCUT2D eigenvalue weighted by molar-refractivity contribution is -0.131. The van der Waals surface area contributed by atoms with Crippen molar-refractivity contribution in [1.29, 1.82) is 0 Å². The zero-order valence-electron chi connectivity index (χ0n) is 24.9. The van der Waals surface area contributed by atoms with Gasteiger partial charge < -0.3 is 19.0 Å². The molecule has 0 amide bonds. The van der Waals surface area contributed by atoms with Crippen molar-refractivity contribution in [3.63, 3.8) is 0 Å². The highest BCUT2D eigenvalue weighted by molar-refractivity contribution is 6.74. The van der Waals surface area contributed by atoms with Gasteiger partial charge in [0.2, 0.25) is 0 Å². The number of allylic oxidation sites excluding steroid dienone is 2. The second-order valence-electron chi connectivity index (χ2n) is 12.1. The van der Waals surface area contributed by atoms with E-state index in [2.05, 4.69) is 46.9 Å². The van der Waals surface area contributed by atoms with E-state index < -0.39 is 32.3 Å². The van der Waals surface area contributed by atoms with Gasteiger partial charge in [0, 0.05) is 18.9 Å². The molecule has 1 N–H and O–H groups in total. The van der Waals surface area contributed by atoms with E-state index in [1.54, 1.807) is 42.5 Å². The summed E-state index contributed by atoms with van der Waals surface area (Å²) in [4.78, 5) is 37.9. The maximum atomic E-state index is 13.8. The molecular formula is C33H42O7Si. The van der Waals surface area contributed by atoms with Crippen LogP contribution in [0.5, 0.6) is 5.75 Å². The predicted molar refractivity (Wildman–Crippen MR) is 162 cm³/mol. The van der Waals surface area contributed by atoms with Crippen LogP contribution in [0, 0.1) is 5.92 Å². The molecule has 0 radical (unpaired) electrons. The largest absolute Gasteiger partial charge is 0.478 e. The van der Waals surface area contributed by atoms with Crippen molar-refractivity contribution in [2.24, 2.45) is 5.92 Å². The van der Waals surface area contributed by atoms with E-state index in [0.29, 0.717) is 24.0 Å². The first-order chi connectivity index (χ1) is 19.3. The van der Waals surface area contributed by atoms with Gasteiger partial charge in [-0.3, -0.25) is 0 Å². The number of carbonyl (C=O) groups is 3. The Labute approximate surface area is 244 Å². The molecule has 0 aromatic heterocycles. The van der Waals surface area contributed by atoms with Crippen LogP contribution in [0.4, 0.5) is 0 Å². The number of esters is 2. The SMILES string of the molecule is C[C@H]1C/C=C/Cc2cccc(OC(=O)c3ccccc3)c2C(=O)O[C@@H](C/C=C/C(=O)O)C[C@H]1O[Si](C)(C)C(C)(C)C. The van der Waals surface area contributed by atoms with Crippen molar-refractivity contribution in [2.45, 2.75) is 83.7 Å². The molecule has 0 saturated carbocycles. The molecule has 0 saturated heterocycles. The van der Waals surface area contributed by atoms with Crippen molar-refractivity contribution in [3.05, 3.63) is 89.5 Å². The Balaban J connectivity index is 2.00. The van der Waals surface area contributed by atoms with E-state index in [4.69, 9.17) is 19.0 Å². The van der Waals surface area contributed by atoms with Gasteiger partial charge in [-0.05, 0) is 60.7 Å². The molecular weight excluding hydrogens is 536 g/mol. The summed E-state index contributed by atoms with van der Waals surface area (Å²) in [5, 5.41) is 9.14. The van der Waals surface area contributed by atoms with Crippen molar-refractivity contribution in [3.8, 4) is 5.75 Å². The molecule has 0 bridgehead atoms. The summed E-state index contributed by atoms with van der Waals surface area (Å²) in [6.07, 6.45) is 7.65. The van der Waals surface area contributed by atoms with Crippen LogP contribution in [0.1, 0.15) is 73.2 Å². The Morgan fingerprint density at radius 3 is 2.44 bits per heavy atom. The summed E-state index contributed by atoms with van der Waals surface area (Å²) in [5.74, 6) is -2.02. The molecule has 0 spiro atoms. The number of carbonyl (C=O) groups excluding carboxylic acids is 2. The van der Waals surface area contributed by atoms with Crippen LogP contribution >= 0.6 is 0 Å². The minimum atomic E-state index is -2.17. The molecule has 1 heterocycles. The summed E-state index contributed by atoms with van der Waals surface area (Å²) in [7, 11) is -2.17. The first kappa shape index (κ1) is 32.0. The molecule has 7 nitrogen and oxygen atoms in total. The first-order valence-electron chi connectivity index (χ1n) is 14.1. The minimum absolute atomic E-state index is 0.0158. The fourth-order valence-electron chi connectivity index (χ4n) is 4.40. The van der Waals surface area contributed by atoms with Crippen LogP contribution in [-0.2, 0) is 20.4 Å². The molecule has 8 heteroatoms. The standard InChI is InChI=1S/C33H42O7Si/c1-23-14-10-11-15-24-18-12-20-27(39-31(36)25-16-8-7-9-17-25)30(24)32(37)38-26(19-13-21-29(34)35)22-28(23)40-41(5,6)33(2,3)4/h7-13,16-18,20-21,23,26,28H,14-15,19,22H2,1-6H3,(H,34,35)/b11-10+,21-13+/t23-,26-,28+/m0/s1. The number of rotatable bonds is 7. The zero-order valence-corrected chi connectivity index (χ0v) is 25.9. The third-order valence-electron chi connectivity index (χ3n) is 7.86. The Kier molecular flexibility index (Phi) is 10.9. The van der Waals surface area contributed by atoms with E-state index in [1.807, 2.05) is 12.1 Å². The molecule has 41 heavy (non-hydrogen) atoms. The highest BCUT2D eigenvalue weighted by atomic mass is 28.4. The van der Waals surface area contributed by atoms with E-state index in [-0.39, 0.29) is 34.8 Å². The lowest BCUT2D eigenvalue weighted by atomic mass is 9.93. The smallest absolute Gasteiger partial charge is 0.343 e. The number of hydrogen-bond acceptors (Lipinski definition) is 6. The maximum absolute atomic E-state index is 13.8. The van der Waals surface area contributed by atoms with Crippen LogP contribution in [0.25, 0.3) is 0 Å². The Morgan fingerprint density at radius 1 is 1.07 bits per heavy atom. The Hall–Kier alpha value is -3.49. The third kappa shape index (κ3) is 9.00. The average Bonchev–Trinajstić information content (AvgIpc) is 2.89. The molecule has 2 aromatic rings. The minimum Gasteiger partial charge on any atom is -0.478 e. The van der Waals surface area contributed by atoms with E-state index in [9.17, 15) is 14.4 Å². The summed E-state index contributed by atoms with van der Waals surface area (Å²) >= 11 is 0. The number of ether oxygens (including phenoxy) is 2. The summed E-state index contributed by atoms with van der Waals surface area (Å²) in [6, 6.07) is 13.7. The van der Waals surface area contributed by atoms with Gasteiger partial charge >= 0.3 is 17.9 Å². The van der Waals surface area contributed by atoms with Gasteiger partial charge in [0.25, 0.3) is 0 Å². The van der Waals surface area contributed by atoms with Crippen molar-refractivity contribution in [2.75, 3.05) is 0 Å². The van der Waals surface area contributed by atoms with Crippen LogP contribution in [-0.4, -0.2) is 43.5 Å². The highest BCUT2D eigenvalue weighted by Gasteiger charge is 2.41. The van der Waals surface area contributed by atoms with Gasteiger partial charge in [-0.15, -0.1) is 0 Å². The van der Waals surface area contributed by atoms with E-state index in [0.717, 1.165) is 12.5 Å². The Morgan fingerprint density at radius 2 is 1.78 bits per heavy atom. The lowest BCUT2D eigenvalue weighted by Crippen LogP contribution is -2.46. The van der Waals surface area contributed by atoms with Gasteiger partial charge in [0.15, 0.2) is 8.32 Å². The number of cyclic esters (lactones) is 1. The highest BCUT2D eigenvalue weighted by Crippen LogP contribution is 2.39. The fourth-order valence-corrected chi connectivity index (χ4v) is 5.84. The summed E-state index contributed by atoms with van der Waals surface area (Å²) < 4.78 is 18.6. The number of carboxylic acids is 1. The zero-order chi connectivity index (χ0) is 30.2. The van der Waals surface area contributed by atoms with Crippen molar-refractivity contribution < 1.29 is 33.4 Å². The third-order valence-corrected chi connectivity index (χ3v) is 12.4. The second-order valence-corrected chi connectivity index (χ2v) is 16.8. The molecule has 3 atom stereocenters. The molecule has 1 aliphatic heterocycles. The lowest BCUT2D eigenvalue weighted by Gasteiger charge is -2.41. The normalized spacial score (nSPS) is 21.2. The van der Waals surface area contributed by atoms with E-state index in [1.165, 1.54) is 6.08 Å². The van der Waals surface area contributed by atoms with Crippen LogP contribution in [0.15, 0.2) is 72.8 Å². The number of carboxylic acid groups (broad SMARTS) is 1. The van der Waals surface area contributed by atoms with Crippen molar-refractivity contribution >= 4 is 26.2 Å². The van der Waals surface area contributed by atoms with E-state index >= 15 is 0 Å². The number of benzene rings is 2. The van der Waals surface area contributed by atoms with Gasteiger partial charge in [0.05, 0.1) is 11.7 Å². The summed E-state index contributed by atoms with van der Waals surface area (Å²) in [5.41, 5.74) is 1.22. The number of aliphatic carboxylic acids is 1. The second kappa shape index (κ2) is 13.9. The molecule has 1 aliphatic rings. The molecule has 220 valence electrons. The maximum Gasteiger partial charge on any atom is 0.343 e. The van der Waals surface area contributed by atoms with Gasteiger partial charge in [0.1, 0.15) is 17.4 Å². The summed E-state index contributed by atoms with van der Waals surface area (Å²) in [6.45, 7) is 13.1. The van der Waals surface area contributed by atoms with Crippen molar-refractivity contribution in [1.82, 2.24) is 0 Å². The molecule has 3 rings (SSSR count). The van der Waals surface area contributed by atoms with Gasteiger partial charge in [-0.2, -0.15) is 0 Å². The molecule has 2 aromatic carbocycles. The number of fused-ring (bicyclic) bond motifs is 1. The van der Waals surface area contributed by atoms with Gasteiger partial charge in [-0.1, -0.05) is 76.3 Å². The molecule has 0 unspecified atom stereocenters. The van der Waals surface area contributed by atoms with Crippen LogP contribution in [0.2, 0.25) is 18.1 Å². The van der Waals surface area contributed by atoms with Gasteiger partial charge in [-0.25, -0.2) is 14.4 Å². The Bertz CT molecular complexity index is 1270. The topological polar surface area (TPSA) is 99.1 Å². The first-order valence-corrected chi connectivity index (χ1v) is 17.0. The monoisotopic (exact) mass is 578 g/mol. The average molecular weight is 579 g/mol.